The van der Waals surface area contributed by atoms with Crippen molar-refractivity contribution in [2.24, 2.45) is 5.73 Å². The van der Waals surface area contributed by atoms with Crippen molar-refractivity contribution in [2.45, 2.75) is 12.5 Å². The van der Waals surface area contributed by atoms with Crippen LogP contribution < -0.4 is 10.6 Å². The Hall–Kier alpha value is -4.44. The molecule has 5 aromatic rings. The molecule has 10 nitrogen and oxygen atoms in total. The van der Waals surface area contributed by atoms with Gasteiger partial charge in [-0.1, -0.05) is 18.2 Å². The Bertz CT molecular complexity index is 1620. The fraction of sp³-hybridized carbons (Fsp3) is 0.167. The van der Waals surface area contributed by atoms with E-state index in [9.17, 15) is 0 Å². The van der Waals surface area contributed by atoms with Crippen molar-refractivity contribution in [2.75, 3.05) is 18.0 Å². The van der Waals surface area contributed by atoms with Crippen molar-refractivity contribution >= 4 is 33.5 Å². The summed E-state index contributed by atoms with van der Waals surface area (Å²) >= 11 is 0. The second-order valence-corrected chi connectivity index (χ2v) is 8.56. The van der Waals surface area contributed by atoms with Crippen LogP contribution in [0.4, 0.5) is 5.82 Å². The van der Waals surface area contributed by atoms with Crippen LogP contribution in [-0.2, 0) is 0 Å². The van der Waals surface area contributed by atoms with Crippen molar-refractivity contribution in [3.8, 4) is 22.8 Å². The monoisotopic (exact) mass is 448 g/mol. The van der Waals surface area contributed by atoms with Gasteiger partial charge in [0.15, 0.2) is 11.5 Å². The van der Waals surface area contributed by atoms with Gasteiger partial charge in [0.25, 0.3) is 0 Å². The molecule has 2 aliphatic rings. The van der Waals surface area contributed by atoms with Gasteiger partial charge in [-0.25, -0.2) is 15.0 Å². The second-order valence-electron chi connectivity index (χ2n) is 8.56. The third kappa shape index (κ3) is 3.00. The number of nitrogens with one attached hydrogen (secondary N) is 2. The van der Waals surface area contributed by atoms with E-state index in [1.165, 1.54) is 0 Å². The molecule has 0 aromatic carbocycles. The minimum absolute atomic E-state index is 0.192. The molecule has 0 radical (unpaired) electrons. The summed E-state index contributed by atoms with van der Waals surface area (Å²) in [7, 11) is 0. The summed E-state index contributed by atoms with van der Waals surface area (Å²) in [5, 5.41) is 8.33. The highest BCUT2D eigenvalue weighted by atomic mass is 15.3. The van der Waals surface area contributed by atoms with E-state index < -0.39 is 0 Å². The van der Waals surface area contributed by atoms with Gasteiger partial charge >= 0.3 is 0 Å². The molecule has 0 atom stereocenters. The molecule has 1 aliphatic carbocycles. The van der Waals surface area contributed by atoms with Crippen LogP contribution in [0, 0.1) is 0 Å². The summed E-state index contributed by atoms with van der Waals surface area (Å²) in [5.74, 6) is 1.50. The molecule has 1 saturated heterocycles. The van der Waals surface area contributed by atoms with Gasteiger partial charge in [-0.3, -0.25) is 15.1 Å². The number of nitrogens with zero attached hydrogens (tertiary/aromatic N) is 7. The first-order valence-corrected chi connectivity index (χ1v) is 11.1. The number of imidazole rings is 1. The molecule has 0 unspecified atom stereocenters. The van der Waals surface area contributed by atoms with Crippen LogP contribution in [0.3, 0.4) is 0 Å². The summed E-state index contributed by atoms with van der Waals surface area (Å²) in [6.07, 6.45) is 14.3. The van der Waals surface area contributed by atoms with Gasteiger partial charge in [0.05, 0.1) is 34.7 Å². The number of nitrogens with two attached hydrogens (primary N) is 1. The van der Waals surface area contributed by atoms with E-state index in [1.54, 1.807) is 24.8 Å². The maximum atomic E-state index is 5.92. The van der Waals surface area contributed by atoms with Crippen LogP contribution >= 0.6 is 0 Å². The summed E-state index contributed by atoms with van der Waals surface area (Å²) in [5.41, 5.74) is 12.6. The Balaban J connectivity index is 1.31. The molecular weight excluding hydrogens is 428 g/mol. The first-order chi connectivity index (χ1) is 16.7. The lowest BCUT2D eigenvalue weighted by Gasteiger charge is -2.37. The predicted molar refractivity (Wildman–Crippen MR) is 130 cm³/mol. The van der Waals surface area contributed by atoms with Gasteiger partial charge in [0, 0.05) is 37.1 Å². The first-order valence-electron chi connectivity index (χ1n) is 11.1. The van der Waals surface area contributed by atoms with E-state index in [0.717, 1.165) is 70.0 Å². The highest BCUT2D eigenvalue weighted by Crippen LogP contribution is 2.31. The zero-order valence-corrected chi connectivity index (χ0v) is 18.1. The molecule has 5 aromatic heterocycles. The van der Waals surface area contributed by atoms with Crippen LogP contribution in [-0.4, -0.2) is 59.2 Å². The van der Waals surface area contributed by atoms with Crippen LogP contribution in [0.5, 0.6) is 0 Å². The third-order valence-corrected chi connectivity index (χ3v) is 6.24. The number of aromatic nitrogens is 8. The lowest BCUT2D eigenvalue weighted by Crippen LogP contribution is -2.56. The Morgan fingerprint density at radius 1 is 1.09 bits per heavy atom. The van der Waals surface area contributed by atoms with Crippen LogP contribution in [0.1, 0.15) is 12.1 Å². The highest BCUT2D eigenvalue weighted by Gasteiger charge is 2.25. The molecule has 0 amide bonds. The maximum absolute atomic E-state index is 5.92. The van der Waals surface area contributed by atoms with E-state index in [0.29, 0.717) is 11.5 Å². The minimum atomic E-state index is 0.192. The Morgan fingerprint density at radius 3 is 2.88 bits per heavy atom. The molecular formula is C24H20N10. The van der Waals surface area contributed by atoms with Crippen molar-refractivity contribution in [3.63, 3.8) is 0 Å². The topological polar surface area (TPSA) is 138 Å². The van der Waals surface area contributed by atoms with Crippen molar-refractivity contribution in [1.29, 1.82) is 0 Å². The molecule has 7 rings (SSSR count). The molecule has 1 aliphatic heterocycles. The predicted octanol–water partition coefficient (Wildman–Crippen LogP) is 2.84. The van der Waals surface area contributed by atoms with E-state index in [1.807, 2.05) is 12.1 Å². The molecule has 1 fully saturated rings. The lowest BCUT2D eigenvalue weighted by atomic mass is 10.1. The van der Waals surface area contributed by atoms with Gasteiger partial charge in [-0.05, 0) is 24.1 Å². The van der Waals surface area contributed by atoms with E-state index in [-0.39, 0.29) is 6.04 Å². The number of H-pyrrole nitrogens is 2. The van der Waals surface area contributed by atoms with Gasteiger partial charge in [0.1, 0.15) is 17.0 Å². The average Bonchev–Trinajstić information content (AvgIpc) is 3.60. The molecule has 0 spiro atoms. The average molecular weight is 448 g/mol. The number of anilines is 1. The van der Waals surface area contributed by atoms with Gasteiger partial charge < -0.3 is 15.6 Å². The normalized spacial score (nSPS) is 15.9. The molecule has 10 heteroatoms. The number of allylic oxidation sites excluding steroid dienone is 4. The van der Waals surface area contributed by atoms with Crippen LogP contribution in [0.25, 0.3) is 50.4 Å². The van der Waals surface area contributed by atoms with E-state index in [2.05, 4.69) is 53.3 Å². The number of fused-ring (bicyclic) bond motifs is 2. The Kier molecular flexibility index (Phi) is 4.09. The number of pyridine rings is 2. The molecule has 34 heavy (non-hydrogen) atoms. The molecule has 4 N–H and O–H groups in total. The largest absolute Gasteiger partial charge is 0.352 e. The molecule has 6 heterocycles. The number of aromatic amines is 2. The third-order valence-electron chi connectivity index (χ3n) is 6.24. The lowest BCUT2D eigenvalue weighted by molar-refractivity contribution is 0.514. The zero-order valence-electron chi connectivity index (χ0n) is 18.1. The summed E-state index contributed by atoms with van der Waals surface area (Å²) in [4.78, 5) is 28.7. The number of rotatable bonds is 4. The fourth-order valence-electron chi connectivity index (χ4n) is 4.47. The zero-order chi connectivity index (χ0) is 22.6. The Labute approximate surface area is 193 Å². The number of hydrogen-bond acceptors (Lipinski definition) is 8. The van der Waals surface area contributed by atoms with Crippen LogP contribution in [0.15, 0.2) is 55.1 Å². The van der Waals surface area contributed by atoms with Gasteiger partial charge in [0.2, 0.25) is 0 Å². The van der Waals surface area contributed by atoms with E-state index in [4.69, 9.17) is 15.7 Å². The number of hydrogen-bond donors (Lipinski definition) is 3. The van der Waals surface area contributed by atoms with E-state index >= 15 is 0 Å². The van der Waals surface area contributed by atoms with Gasteiger partial charge in [-0.2, -0.15) is 5.10 Å². The van der Waals surface area contributed by atoms with Crippen molar-refractivity contribution < 1.29 is 0 Å². The maximum Gasteiger partial charge on any atom is 0.181 e. The second kappa shape index (κ2) is 7.29. The minimum Gasteiger partial charge on any atom is -0.352 e. The van der Waals surface area contributed by atoms with Crippen molar-refractivity contribution in [1.82, 2.24) is 40.1 Å². The summed E-state index contributed by atoms with van der Waals surface area (Å²) in [6.45, 7) is 1.58. The molecule has 0 saturated carbocycles. The fourth-order valence-corrected chi connectivity index (χ4v) is 4.47. The van der Waals surface area contributed by atoms with Crippen LogP contribution in [0.2, 0.25) is 0 Å². The summed E-state index contributed by atoms with van der Waals surface area (Å²) in [6, 6.07) is 4.14. The summed E-state index contributed by atoms with van der Waals surface area (Å²) < 4.78 is 0. The molecule has 0 bridgehead atoms. The van der Waals surface area contributed by atoms with Crippen molar-refractivity contribution in [3.05, 3.63) is 60.8 Å². The first kappa shape index (κ1) is 19.1. The SMILES string of the molecule is NC1CN(c2cncc(-c3cnc4n[nH]c(-c5nc6c(C7=CCC=C7)nccc6[nH]5)c4c3)n2)C1. The Morgan fingerprint density at radius 2 is 2.03 bits per heavy atom. The quantitative estimate of drug-likeness (QED) is 0.381. The molecule has 166 valence electrons. The highest BCUT2D eigenvalue weighted by molar-refractivity contribution is 5.96. The van der Waals surface area contributed by atoms with Gasteiger partial charge in [-0.15, -0.1) is 0 Å². The standard InChI is InChI=1S/C24H20N10/c25-15-11-34(12-15)19-10-26-9-18(29-19)14-7-16-21(32-33-23(16)28-8-14)24-30-17-5-6-27-20(22(17)31-24)13-3-1-2-4-13/h1,3-10,15H,2,11-12,25H2,(H,30,31)(H,28,32,33). The smallest absolute Gasteiger partial charge is 0.181 e.